The maximum atomic E-state index is 14.0. The molecule has 0 aromatic heterocycles. The van der Waals surface area contributed by atoms with Crippen LogP contribution in [0.3, 0.4) is 0 Å². The second-order valence-electron chi connectivity index (χ2n) is 11.1. The lowest BCUT2D eigenvalue weighted by atomic mass is 9.97. The number of amides is 3. The zero-order valence-electron chi connectivity index (χ0n) is 22.9. The van der Waals surface area contributed by atoms with E-state index in [1.54, 1.807) is 20.8 Å². The van der Waals surface area contributed by atoms with Crippen molar-refractivity contribution in [1.82, 2.24) is 15.5 Å². The van der Waals surface area contributed by atoms with Crippen LogP contribution in [-0.4, -0.2) is 68.5 Å². The number of aromatic hydroxyl groups is 1. The molecule has 1 fully saturated rings. The Hall–Kier alpha value is -3.38. The highest BCUT2D eigenvalue weighted by molar-refractivity contribution is 6.21. The maximum Gasteiger partial charge on any atom is 0.416 e. The molecule has 0 saturated carbocycles. The third-order valence-electron chi connectivity index (χ3n) is 6.58. The topological polar surface area (TPSA) is 119 Å². The number of hydrogen-bond donors (Lipinski definition) is 4. The lowest BCUT2D eigenvalue weighted by molar-refractivity contribution is -0.146. The minimum atomic E-state index is -4.67. The Morgan fingerprint density at radius 1 is 1.15 bits per heavy atom. The van der Waals surface area contributed by atoms with Crippen LogP contribution in [0, 0.1) is 12.7 Å². The normalized spacial score (nSPS) is 19.0. The summed E-state index contributed by atoms with van der Waals surface area (Å²) in [7, 11) is 0. The number of aliphatic hydroxyl groups is 1. The Balaban J connectivity index is 1.95. The van der Waals surface area contributed by atoms with Crippen molar-refractivity contribution in [3.05, 3.63) is 64.5 Å². The Labute approximate surface area is 239 Å². The van der Waals surface area contributed by atoms with Gasteiger partial charge in [-0.1, -0.05) is 18.2 Å². The number of halogens is 5. The van der Waals surface area contributed by atoms with Crippen LogP contribution in [0.1, 0.15) is 54.2 Å². The molecular formula is C28H32ClF4N3O5. The number of phenolic OH excluding ortho intramolecular Hbond substituents is 1. The van der Waals surface area contributed by atoms with Crippen LogP contribution in [0.25, 0.3) is 0 Å². The number of hydrogen-bond acceptors (Lipinski definition) is 5. The number of carbonyl (C=O) groups is 3. The number of aliphatic hydroxyl groups excluding tert-OH is 1. The predicted molar refractivity (Wildman–Crippen MR) is 143 cm³/mol. The van der Waals surface area contributed by atoms with Crippen molar-refractivity contribution >= 4 is 29.3 Å². The highest BCUT2D eigenvalue weighted by Crippen LogP contribution is 2.30. The van der Waals surface area contributed by atoms with Crippen molar-refractivity contribution < 1.29 is 42.2 Å². The van der Waals surface area contributed by atoms with Gasteiger partial charge in [0.15, 0.2) is 6.10 Å². The van der Waals surface area contributed by atoms with Gasteiger partial charge in [0, 0.05) is 29.3 Å². The molecule has 0 radical (unpaired) electrons. The van der Waals surface area contributed by atoms with Crippen LogP contribution in [0.5, 0.6) is 5.75 Å². The van der Waals surface area contributed by atoms with E-state index in [0.717, 1.165) is 35.2 Å². The zero-order chi connectivity index (χ0) is 30.9. The summed E-state index contributed by atoms with van der Waals surface area (Å²) in [4.78, 5) is 40.7. The van der Waals surface area contributed by atoms with E-state index in [-0.39, 0.29) is 29.7 Å². The molecule has 1 heterocycles. The number of rotatable bonds is 7. The number of alkyl halides is 4. The number of nitrogens with zero attached hydrogens (tertiary/aromatic N) is 1. The molecule has 2 aromatic rings. The largest absolute Gasteiger partial charge is 0.508 e. The van der Waals surface area contributed by atoms with Crippen molar-refractivity contribution in [2.24, 2.45) is 0 Å². The van der Waals surface area contributed by atoms with Gasteiger partial charge in [-0.25, -0.2) is 4.39 Å². The average Bonchev–Trinajstić information content (AvgIpc) is 3.25. The van der Waals surface area contributed by atoms with Gasteiger partial charge in [0.2, 0.25) is 5.91 Å². The number of benzene rings is 2. The lowest BCUT2D eigenvalue weighted by Crippen LogP contribution is -2.57. The van der Waals surface area contributed by atoms with Gasteiger partial charge in [-0.05, 0) is 58.2 Å². The molecule has 0 spiro atoms. The summed E-state index contributed by atoms with van der Waals surface area (Å²) in [6, 6.07) is 3.23. The summed E-state index contributed by atoms with van der Waals surface area (Å²) in [6.07, 6.45) is -7.03. The standard InChI is InChI=1S/C28H32ClF4N3O5/c1-14-19(11-18(30)12-22(14)37)24(39)34-20(9-15-6-5-7-16(8-15)28(31,32)33)23(38)26(41)36-13-17(29)10-21(36)25(40)35-27(2,3)4/h5-8,11-12,17,20-21,23,37-38H,9-10,13H2,1-4H3,(H,34,39)(H,35,40)/t17-,20-,21-,23-/m0/s1. The van der Waals surface area contributed by atoms with Gasteiger partial charge in [0.1, 0.15) is 17.6 Å². The Morgan fingerprint density at radius 2 is 1.80 bits per heavy atom. The Morgan fingerprint density at radius 3 is 2.41 bits per heavy atom. The van der Waals surface area contributed by atoms with E-state index in [0.29, 0.717) is 0 Å². The van der Waals surface area contributed by atoms with Gasteiger partial charge in [-0.15, -0.1) is 11.6 Å². The van der Waals surface area contributed by atoms with Crippen molar-refractivity contribution in [2.75, 3.05) is 6.54 Å². The molecule has 0 bridgehead atoms. The number of nitrogens with one attached hydrogen (secondary N) is 2. The van der Waals surface area contributed by atoms with Crippen LogP contribution >= 0.6 is 11.6 Å². The second kappa shape index (κ2) is 12.2. The molecule has 3 amide bonds. The number of phenols is 1. The molecule has 1 aliphatic rings. The molecule has 1 saturated heterocycles. The van der Waals surface area contributed by atoms with Crippen molar-refractivity contribution in [3.63, 3.8) is 0 Å². The van der Waals surface area contributed by atoms with Crippen LogP contribution in [-0.2, 0) is 22.2 Å². The van der Waals surface area contributed by atoms with Gasteiger partial charge in [0.05, 0.1) is 17.0 Å². The summed E-state index contributed by atoms with van der Waals surface area (Å²) in [5, 5.41) is 25.7. The fraction of sp³-hybridized carbons (Fsp3) is 0.464. The smallest absolute Gasteiger partial charge is 0.416 e. The average molecular weight is 602 g/mol. The second-order valence-corrected chi connectivity index (χ2v) is 11.7. The van der Waals surface area contributed by atoms with Crippen molar-refractivity contribution in [1.29, 1.82) is 0 Å². The van der Waals surface area contributed by atoms with Crippen LogP contribution in [0.2, 0.25) is 0 Å². The monoisotopic (exact) mass is 601 g/mol. The summed E-state index contributed by atoms with van der Waals surface area (Å²) in [5.41, 5.74) is -1.88. The molecule has 0 unspecified atom stereocenters. The van der Waals surface area contributed by atoms with Crippen molar-refractivity contribution in [3.8, 4) is 5.75 Å². The van der Waals surface area contributed by atoms with Gasteiger partial charge >= 0.3 is 6.18 Å². The molecule has 1 aliphatic heterocycles. The third-order valence-corrected chi connectivity index (χ3v) is 6.90. The SMILES string of the molecule is Cc1c(O)cc(F)cc1C(=O)N[C@@H](Cc1cccc(C(F)(F)F)c1)[C@H](O)C(=O)N1C[C@@H](Cl)C[C@H]1C(=O)NC(C)(C)C. The molecule has 4 atom stereocenters. The molecule has 0 aliphatic carbocycles. The predicted octanol–water partition coefficient (Wildman–Crippen LogP) is 3.68. The van der Waals surface area contributed by atoms with Gasteiger partial charge in [-0.2, -0.15) is 13.2 Å². The molecular weight excluding hydrogens is 570 g/mol. The maximum absolute atomic E-state index is 14.0. The van der Waals surface area contributed by atoms with E-state index in [4.69, 9.17) is 11.6 Å². The number of likely N-dealkylation sites (tertiary alicyclic amines) is 1. The molecule has 13 heteroatoms. The highest BCUT2D eigenvalue weighted by atomic mass is 35.5. The Bertz CT molecular complexity index is 1310. The molecule has 4 N–H and O–H groups in total. The molecule has 3 rings (SSSR count). The van der Waals surface area contributed by atoms with E-state index >= 15 is 0 Å². The fourth-order valence-electron chi connectivity index (χ4n) is 4.59. The van der Waals surface area contributed by atoms with E-state index in [2.05, 4.69) is 10.6 Å². The summed E-state index contributed by atoms with van der Waals surface area (Å²) in [6.45, 7) is 6.47. The van der Waals surface area contributed by atoms with Crippen molar-refractivity contribution in [2.45, 2.75) is 75.8 Å². The van der Waals surface area contributed by atoms with Gasteiger partial charge < -0.3 is 25.7 Å². The zero-order valence-corrected chi connectivity index (χ0v) is 23.6. The lowest BCUT2D eigenvalue weighted by Gasteiger charge is -2.32. The number of carbonyl (C=O) groups excluding carboxylic acids is 3. The molecule has 8 nitrogen and oxygen atoms in total. The van der Waals surface area contributed by atoms with Crippen LogP contribution in [0.4, 0.5) is 17.6 Å². The van der Waals surface area contributed by atoms with Crippen LogP contribution in [0.15, 0.2) is 36.4 Å². The first-order chi connectivity index (χ1) is 18.9. The summed E-state index contributed by atoms with van der Waals surface area (Å²) < 4.78 is 54.0. The molecule has 41 heavy (non-hydrogen) atoms. The van der Waals surface area contributed by atoms with E-state index < -0.39 is 76.6 Å². The first-order valence-corrected chi connectivity index (χ1v) is 13.2. The molecule has 224 valence electrons. The minimum absolute atomic E-state index is 0.00553. The van der Waals surface area contributed by atoms with E-state index in [1.165, 1.54) is 13.0 Å². The van der Waals surface area contributed by atoms with Gasteiger partial charge in [-0.3, -0.25) is 14.4 Å². The first-order valence-electron chi connectivity index (χ1n) is 12.8. The van der Waals surface area contributed by atoms with E-state index in [9.17, 15) is 42.2 Å². The first kappa shape index (κ1) is 32.1. The molecule has 2 aromatic carbocycles. The third kappa shape index (κ3) is 8.10. The highest BCUT2D eigenvalue weighted by Gasteiger charge is 2.43. The summed E-state index contributed by atoms with van der Waals surface area (Å²) >= 11 is 6.26. The summed E-state index contributed by atoms with van der Waals surface area (Å²) in [5.74, 6) is -3.91. The van der Waals surface area contributed by atoms with Gasteiger partial charge in [0.25, 0.3) is 11.8 Å². The van der Waals surface area contributed by atoms with Crippen LogP contribution < -0.4 is 10.6 Å². The quantitative estimate of drug-likeness (QED) is 0.285. The fourth-order valence-corrected chi connectivity index (χ4v) is 4.91. The minimum Gasteiger partial charge on any atom is -0.508 e. The Kier molecular flexibility index (Phi) is 9.59. The van der Waals surface area contributed by atoms with E-state index in [1.807, 2.05) is 0 Å².